The van der Waals surface area contributed by atoms with E-state index in [1.807, 2.05) is 18.9 Å². The van der Waals surface area contributed by atoms with Gasteiger partial charge in [0.05, 0.1) is 17.8 Å². The molecule has 1 aliphatic heterocycles. The third kappa shape index (κ3) is 3.56. The van der Waals surface area contributed by atoms with Gasteiger partial charge in [0.2, 0.25) is 15.9 Å². The predicted molar refractivity (Wildman–Crippen MR) is 86.5 cm³/mol. The first-order chi connectivity index (χ1) is 10.8. The van der Waals surface area contributed by atoms with Gasteiger partial charge in [-0.25, -0.2) is 8.42 Å². The highest BCUT2D eigenvalue weighted by Crippen LogP contribution is 2.22. The molecule has 130 valence electrons. The van der Waals surface area contributed by atoms with Crippen LogP contribution >= 0.6 is 0 Å². The number of aryl methyl sites for hydroxylation is 1. The molecule has 1 unspecified atom stereocenters. The summed E-state index contributed by atoms with van der Waals surface area (Å²) < 4.78 is 29.0. The smallest absolute Gasteiger partial charge is 0.246 e. The second-order valence-corrected chi connectivity index (χ2v) is 7.75. The van der Waals surface area contributed by atoms with Crippen molar-refractivity contribution in [3.8, 4) is 0 Å². The van der Waals surface area contributed by atoms with E-state index < -0.39 is 10.0 Å². The lowest BCUT2D eigenvalue weighted by molar-refractivity contribution is -0.124. The fourth-order valence-electron chi connectivity index (χ4n) is 2.87. The fraction of sp³-hybridized carbons (Fsp3) is 0.714. The Morgan fingerprint density at radius 3 is 2.65 bits per heavy atom. The van der Waals surface area contributed by atoms with Gasteiger partial charge in [0.15, 0.2) is 0 Å². The van der Waals surface area contributed by atoms with Crippen LogP contribution in [0.1, 0.15) is 12.6 Å². The van der Waals surface area contributed by atoms with Crippen LogP contribution in [0.5, 0.6) is 0 Å². The summed E-state index contributed by atoms with van der Waals surface area (Å²) in [5.74, 6) is -0.524. The van der Waals surface area contributed by atoms with Gasteiger partial charge in [0.25, 0.3) is 0 Å². The molecule has 23 heavy (non-hydrogen) atoms. The molecular weight excluding hydrogens is 318 g/mol. The van der Waals surface area contributed by atoms with Crippen LogP contribution in [-0.2, 0) is 21.4 Å². The van der Waals surface area contributed by atoms with E-state index in [0.717, 1.165) is 0 Å². The zero-order valence-electron chi connectivity index (χ0n) is 14.1. The minimum absolute atomic E-state index is 0.139. The second kappa shape index (κ2) is 6.98. The lowest BCUT2D eigenvalue weighted by Crippen LogP contribution is -2.41. The SMILES string of the molecule is CCn1ncc(S(=O)(=O)N2CCN(C)CC(C(=O)NC)C2)c1C. The first-order valence-corrected chi connectivity index (χ1v) is 9.18. The average molecular weight is 343 g/mol. The molecule has 1 aromatic rings. The van der Waals surface area contributed by atoms with Gasteiger partial charge in [0.1, 0.15) is 4.90 Å². The Morgan fingerprint density at radius 2 is 2.09 bits per heavy atom. The fourth-order valence-corrected chi connectivity index (χ4v) is 4.51. The maximum absolute atomic E-state index is 13.0. The van der Waals surface area contributed by atoms with Crippen molar-refractivity contribution in [1.82, 2.24) is 24.3 Å². The Morgan fingerprint density at radius 1 is 1.39 bits per heavy atom. The summed E-state index contributed by atoms with van der Waals surface area (Å²) >= 11 is 0. The monoisotopic (exact) mass is 343 g/mol. The largest absolute Gasteiger partial charge is 0.359 e. The van der Waals surface area contributed by atoms with E-state index in [0.29, 0.717) is 31.9 Å². The molecule has 0 aliphatic carbocycles. The molecule has 0 spiro atoms. The van der Waals surface area contributed by atoms with Crippen molar-refractivity contribution in [3.05, 3.63) is 11.9 Å². The van der Waals surface area contributed by atoms with Crippen LogP contribution in [0.2, 0.25) is 0 Å². The maximum Gasteiger partial charge on any atom is 0.246 e. The molecule has 1 atom stereocenters. The summed E-state index contributed by atoms with van der Waals surface area (Å²) in [7, 11) is -0.194. The molecule has 0 aromatic carbocycles. The number of carbonyl (C=O) groups is 1. The molecule has 0 radical (unpaired) electrons. The Balaban J connectivity index is 2.33. The van der Waals surface area contributed by atoms with Crippen molar-refractivity contribution in [2.45, 2.75) is 25.3 Å². The van der Waals surface area contributed by atoms with E-state index in [-0.39, 0.29) is 23.3 Å². The van der Waals surface area contributed by atoms with Crippen molar-refractivity contribution in [1.29, 1.82) is 0 Å². The van der Waals surface area contributed by atoms with E-state index >= 15 is 0 Å². The molecule has 2 rings (SSSR count). The molecule has 1 fully saturated rings. The molecule has 1 saturated heterocycles. The van der Waals surface area contributed by atoms with Gasteiger partial charge in [-0.3, -0.25) is 9.48 Å². The highest BCUT2D eigenvalue weighted by Gasteiger charge is 2.34. The Labute approximate surface area is 137 Å². The molecule has 0 bridgehead atoms. The number of aromatic nitrogens is 2. The summed E-state index contributed by atoms with van der Waals surface area (Å²) in [5, 5.41) is 6.74. The molecule has 1 aromatic heterocycles. The van der Waals surface area contributed by atoms with E-state index in [4.69, 9.17) is 0 Å². The lowest BCUT2D eigenvalue weighted by atomic mass is 10.1. The van der Waals surface area contributed by atoms with Crippen molar-refractivity contribution >= 4 is 15.9 Å². The van der Waals surface area contributed by atoms with Crippen molar-refractivity contribution < 1.29 is 13.2 Å². The van der Waals surface area contributed by atoms with E-state index in [2.05, 4.69) is 10.4 Å². The summed E-state index contributed by atoms with van der Waals surface area (Å²) in [4.78, 5) is 14.2. The summed E-state index contributed by atoms with van der Waals surface area (Å²) in [6.45, 7) is 5.96. The minimum atomic E-state index is -3.66. The third-order valence-corrected chi connectivity index (χ3v) is 6.25. The molecular formula is C14H25N5O3S. The van der Waals surface area contributed by atoms with Crippen LogP contribution < -0.4 is 5.32 Å². The highest BCUT2D eigenvalue weighted by atomic mass is 32.2. The Hall–Kier alpha value is -1.45. The number of hydrogen-bond acceptors (Lipinski definition) is 5. The highest BCUT2D eigenvalue weighted by molar-refractivity contribution is 7.89. The molecule has 8 nitrogen and oxygen atoms in total. The van der Waals surface area contributed by atoms with Gasteiger partial charge in [-0.15, -0.1) is 0 Å². The van der Waals surface area contributed by atoms with Crippen LogP contribution in [0.3, 0.4) is 0 Å². The lowest BCUT2D eigenvalue weighted by Gasteiger charge is -2.22. The number of amides is 1. The van der Waals surface area contributed by atoms with Gasteiger partial charge in [0, 0.05) is 39.8 Å². The van der Waals surface area contributed by atoms with Gasteiger partial charge < -0.3 is 10.2 Å². The van der Waals surface area contributed by atoms with Crippen LogP contribution in [0.25, 0.3) is 0 Å². The molecule has 1 aliphatic rings. The first-order valence-electron chi connectivity index (χ1n) is 7.74. The van der Waals surface area contributed by atoms with E-state index in [1.54, 1.807) is 18.7 Å². The second-order valence-electron chi connectivity index (χ2n) is 5.85. The normalized spacial score (nSPS) is 21.1. The van der Waals surface area contributed by atoms with Crippen LogP contribution in [0.4, 0.5) is 0 Å². The standard InChI is InChI=1S/C14H25N5O3S/c1-5-19-11(2)13(8-16-19)23(21,22)18-7-6-17(4)9-12(10-18)14(20)15-3/h8,12H,5-7,9-10H2,1-4H3,(H,15,20). The van der Waals surface area contributed by atoms with Crippen LogP contribution in [0.15, 0.2) is 11.1 Å². The minimum Gasteiger partial charge on any atom is -0.359 e. The number of likely N-dealkylation sites (N-methyl/N-ethyl adjacent to an activating group) is 1. The number of rotatable bonds is 4. The first kappa shape index (κ1) is 17.9. The van der Waals surface area contributed by atoms with Gasteiger partial charge >= 0.3 is 0 Å². The van der Waals surface area contributed by atoms with Crippen LogP contribution in [-0.4, -0.2) is 73.6 Å². The summed E-state index contributed by atoms with van der Waals surface area (Å²) in [6.07, 6.45) is 1.40. The van der Waals surface area contributed by atoms with E-state index in [9.17, 15) is 13.2 Å². The molecule has 2 heterocycles. The predicted octanol–water partition coefficient (Wildman–Crippen LogP) is -0.490. The Bertz CT molecular complexity index is 670. The van der Waals surface area contributed by atoms with Crippen molar-refractivity contribution in [2.75, 3.05) is 40.3 Å². The summed E-state index contributed by atoms with van der Waals surface area (Å²) in [5.41, 5.74) is 0.626. The number of nitrogens with zero attached hydrogens (tertiary/aromatic N) is 4. The third-order valence-electron chi connectivity index (χ3n) is 4.28. The van der Waals surface area contributed by atoms with Gasteiger partial charge in [-0.2, -0.15) is 9.40 Å². The Kier molecular flexibility index (Phi) is 5.43. The summed E-state index contributed by atoms with van der Waals surface area (Å²) in [6, 6.07) is 0. The van der Waals surface area contributed by atoms with Crippen LogP contribution in [0, 0.1) is 12.8 Å². The van der Waals surface area contributed by atoms with E-state index in [1.165, 1.54) is 10.5 Å². The average Bonchev–Trinajstić information content (AvgIpc) is 2.78. The number of sulfonamides is 1. The van der Waals surface area contributed by atoms with Crippen molar-refractivity contribution in [2.24, 2.45) is 5.92 Å². The molecule has 1 amide bonds. The van der Waals surface area contributed by atoms with Crippen molar-refractivity contribution in [3.63, 3.8) is 0 Å². The maximum atomic E-state index is 13.0. The molecule has 1 N–H and O–H groups in total. The number of nitrogens with one attached hydrogen (secondary N) is 1. The number of hydrogen-bond donors (Lipinski definition) is 1. The molecule has 0 saturated carbocycles. The zero-order chi connectivity index (χ0) is 17.2. The number of carbonyl (C=O) groups excluding carboxylic acids is 1. The molecule has 9 heteroatoms. The van der Waals surface area contributed by atoms with Gasteiger partial charge in [-0.05, 0) is 20.9 Å². The zero-order valence-corrected chi connectivity index (χ0v) is 14.9. The topological polar surface area (TPSA) is 87.5 Å². The van der Waals surface area contributed by atoms with Gasteiger partial charge in [-0.1, -0.05) is 0 Å². The quantitative estimate of drug-likeness (QED) is 0.797.